The van der Waals surface area contributed by atoms with E-state index in [2.05, 4.69) is 4.90 Å². The van der Waals surface area contributed by atoms with E-state index in [9.17, 15) is 4.79 Å². The number of fused-ring (bicyclic) bond motifs is 1. The Morgan fingerprint density at radius 1 is 1.08 bits per heavy atom. The van der Waals surface area contributed by atoms with Gasteiger partial charge < -0.3 is 18.8 Å². The molecule has 0 radical (unpaired) electrons. The van der Waals surface area contributed by atoms with E-state index in [4.69, 9.17) is 14.2 Å². The van der Waals surface area contributed by atoms with Gasteiger partial charge in [-0.15, -0.1) is 0 Å². The normalized spacial score (nSPS) is 15.7. The summed E-state index contributed by atoms with van der Waals surface area (Å²) < 4.78 is 18.0. The molecule has 1 saturated heterocycles. The highest BCUT2D eigenvalue weighted by Gasteiger charge is 2.11. The lowest BCUT2D eigenvalue weighted by Crippen LogP contribution is -2.38. The van der Waals surface area contributed by atoms with E-state index in [0.29, 0.717) is 25.1 Å². The molecule has 0 unspecified atom stereocenters. The van der Waals surface area contributed by atoms with Gasteiger partial charge in [-0.1, -0.05) is 6.07 Å². The number of methoxy groups -OCH3 is 1. The van der Waals surface area contributed by atoms with Gasteiger partial charge in [-0.3, -0.25) is 9.69 Å². The molecule has 0 atom stereocenters. The third kappa shape index (κ3) is 3.95. The molecule has 1 aliphatic rings. The number of pyridine rings is 1. The highest BCUT2D eigenvalue weighted by Crippen LogP contribution is 2.23. The predicted molar refractivity (Wildman–Crippen MR) is 92.8 cm³/mol. The summed E-state index contributed by atoms with van der Waals surface area (Å²) in [7, 11) is 1.63. The summed E-state index contributed by atoms with van der Waals surface area (Å²) in [4.78, 5) is 14.9. The van der Waals surface area contributed by atoms with Crippen LogP contribution in [-0.2, 0) is 16.0 Å². The van der Waals surface area contributed by atoms with Crippen molar-refractivity contribution >= 4 is 10.8 Å². The Labute approximate surface area is 141 Å². The smallest absolute Gasteiger partial charge is 0.258 e. The van der Waals surface area contributed by atoms with Crippen molar-refractivity contribution in [2.75, 3.05) is 53.2 Å². The fraction of sp³-hybridized carbons (Fsp3) is 0.500. The standard InChI is InChI=1S/C18H24N2O4/c1-22-11-10-20-6-5-15-16(18(20)21)3-2-4-17(15)24-14-9-19-7-12-23-13-8-19/h2-6H,7-14H2,1H3. The van der Waals surface area contributed by atoms with Crippen LogP contribution in [0.5, 0.6) is 5.75 Å². The second-order valence-corrected chi connectivity index (χ2v) is 5.83. The molecule has 24 heavy (non-hydrogen) atoms. The molecule has 130 valence electrons. The van der Waals surface area contributed by atoms with Crippen LogP contribution in [-0.4, -0.2) is 62.6 Å². The molecule has 0 amide bonds. The van der Waals surface area contributed by atoms with Crippen molar-refractivity contribution in [1.82, 2.24) is 9.47 Å². The van der Waals surface area contributed by atoms with Crippen LogP contribution in [0.4, 0.5) is 0 Å². The molecule has 0 aliphatic carbocycles. The first-order chi connectivity index (χ1) is 11.8. The summed E-state index contributed by atoms with van der Waals surface area (Å²) >= 11 is 0. The number of benzene rings is 1. The Balaban J connectivity index is 1.71. The molecule has 3 rings (SSSR count). The third-order valence-corrected chi connectivity index (χ3v) is 4.28. The molecular formula is C18H24N2O4. The van der Waals surface area contributed by atoms with E-state index in [-0.39, 0.29) is 5.56 Å². The summed E-state index contributed by atoms with van der Waals surface area (Å²) in [5.41, 5.74) is -0.0109. The van der Waals surface area contributed by atoms with Gasteiger partial charge in [0.25, 0.3) is 5.56 Å². The lowest BCUT2D eigenvalue weighted by atomic mass is 10.1. The van der Waals surface area contributed by atoms with Crippen LogP contribution < -0.4 is 10.3 Å². The minimum absolute atomic E-state index is 0.0109. The molecule has 0 N–H and O–H groups in total. The second-order valence-electron chi connectivity index (χ2n) is 5.83. The van der Waals surface area contributed by atoms with E-state index in [1.54, 1.807) is 17.9 Å². The predicted octanol–water partition coefficient (Wildman–Crippen LogP) is 1.36. The maximum atomic E-state index is 12.5. The number of morpholine rings is 1. The van der Waals surface area contributed by atoms with Gasteiger partial charge in [0.15, 0.2) is 0 Å². The third-order valence-electron chi connectivity index (χ3n) is 4.28. The quantitative estimate of drug-likeness (QED) is 0.766. The largest absolute Gasteiger partial charge is 0.492 e. The number of ether oxygens (including phenoxy) is 3. The first kappa shape index (κ1) is 17.0. The lowest BCUT2D eigenvalue weighted by Gasteiger charge is -2.26. The summed E-state index contributed by atoms with van der Waals surface area (Å²) in [6.45, 7) is 6.00. The molecule has 6 heteroatoms. The molecule has 1 aliphatic heterocycles. The molecule has 0 saturated carbocycles. The highest BCUT2D eigenvalue weighted by molar-refractivity contribution is 5.87. The van der Waals surface area contributed by atoms with Crippen LogP contribution >= 0.6 is 0 Å². The maximum Gasteiger partial charge on any atom is 0.258 e. The van der Waals surface area contributed by atoms with Crippen LogP contribution in [0.2, 0.25) is 0 Å². The van der Waals surface area contributed by atoms with Gasteiger partial charge >= 0.3 is 0 Å². The number of rotatable bonds is 7. The summed E-state index contributed by atoms with van der Waals surface area (Å²) in [5, 5.41) is 1.54. The van der Waals surface area contributed by atoms with Gasteiger partial charge in [0.2, 0.25) is 0 Å². The highest BCUT2D eigenvalue weighted by atomic mass is 16.5. The first-order valence-corrected chi connectivity index (χ1v) is 8.33. The zero-order valence-corrected chi connectivity index (χ0v) is 14.1. The zero-order valence-electron chi connectivity index (χ0n) is 14.1. The molecule has 1 aromatic carbocycles. The number of nitrogens with zero attached hydrogens (tertiary/aromatic N) is 2. The molecule has 2 heterocycles. The van der Waals surface area contributed by atoms with E-state index in [0.717, 1.165) is 44.0 Å². The van der Waals surface area contributed by atoms with Crippen molar-refractivity contribution in [1.29, 1.82) is 0 Å². The molecule has 0 spiro atoms. The first-order valence-electron chi connectivity index (χ1n) is 8.33. The second kappa shape index (κ2) is 8.28. The van der Waals surface area contributed by atoms with Crippen molar-refractivity contribution in [3.05, 3.63) is 40.8 Å². The number of hydrogen-bond donors (Lipinski definition) is 0. The van der Waals surface area contributed by atoms with E-state index >= 15 is 0 Å². The molecule has 1 fully saturated rings. The van der Waals surface area contributed by atoms with E-state index < -0.39 is 0 Å². The Bertz CT molecular complexity index is 723. The minimum Gasteiger partial charge on any atom is -0.492 e. The van der Waals surface area contributed by atoms with Crippen molar-refractivity contribution < 1.29 is 14.2 Å². The van der Waals surface area contributed by atoms with Crippen LogP contribution in [0.1, 0.15) is 0 Å². The van der Waals surface area contributed by atoms with Crippen molar-refractivity contribution in [2.45, 2.75) is 6.54 Å². The number of hydrogen-bond acceptors (Lipinski definition) is 5. The van der Waals surface area contributed by atoms with Crippen LogP contribution in [0.15, 0.2) is 35.3 Å². The van der Waals surface area contributed by atoms with Crippen LogP contribution in [0.25, 0.3) is 10.8 Å². The molecule has 0 bridgehead atoms. The van der Waals surface area contributed by atoms with Crippen LogP contribution in [0, 0.1) is 0 Å². The minimum atomic E-state index is -0.0109. The van der Waals surface area contributed by atoms with Gasteiger partial charge in [-0.05, 0) is 18.2 Å². The SMILES string of the molecule is COCCn1ccc2c(OCCN3CCOCC3)cccc2c1=O. The van der Waals surface area contributed by atoms with Crippen LogP contribution in [0.3, 0.4) is 0 Å². The van der Waals surface area contributed by atoms with Gasteiger partial charge in [0.05, 0.1) is 25.2 Å². The zero-order chi connectivity index (χ0) is 16.8. The average Bonchev–Trinajstić information content (AvgIpc) is 2.62. The van der Waals surface area contributed by atoms with Gasteiger partial charge in [-0.2, -0.15) is 0 Å². The Morgan fingerprint density at radius 2 is 1.92 bits per heavy atom. The summed E-state index contributed by atoms with van der Waals surface area (Å²) in [5.74, 6) is 0.761. The lowest BCUT2D eigenvalue weighted by molar-refractivity contribution is 0.0323. The fourth-order valence-corrected chi connectivity index (χ4v) is 2.89. The monoisotopic (exact) mass is 332 g/mol. The number of aromatic nitrogens is 1. The van der Waals surface area contributed by atoms with Gasteiger partial charge in [-0.25, -0.2) is 0 Å². The van der Waals surface area contributed by atoms with Crippen molar-refractivity contribution in [2.24, 2.45) is 0 Å². The van der Waals surface area contributed by atoms with Gasteiger partial charge in [0.1, 0.15) is 12.4 Å². The molecule has 6 nitrogen and oxygen atoms in total. The Kier molecular flexibility index (Phi) is 5.85. The van der Waals surface area contributed by atoms with Crippen molar-refractivity contribution in [3.8, 4) is 5.75 Å². The molecule has 1 aromatic heterocycles. The van der Waals surface area contributed by atoms with E-state index in [1.165, 1.54) is 0 Å². The fourth-order valence-electron chi connectivity index (χ4n) is 2.89. The Hall–Kier alpha value is -1.89. The summed E-state index contributed by atoms with van der Waals surface area (Å²) in [6.07, 6.45) is 1.80. The van der Waals surface area contributed by atoms with Gasteiger partial charge in [0, 0.05) is 44.9 Å². The van der Waals surface area contributed by atoms with E-state index in [1.807, 2.05) is 24.3 Å². The maximum absolute atomic E-state index is 12.5. The molecule has 2 aromatic rings. The molecular weight excluding hydrogens is 308 g/mol. The summed E-state index contributed by atoms with van der Waals surface area (Å²) in [6, 6.07) is 7.57. The van der Waals surface area contributed by atoms with Crippen molar-refractivity contribution in [3.63, 3.8) is 0 Å². The Morgan fingerprint density at radius 3 is 2.71 bits per heavy atom. The average molecular weight is 332 g/mol. The topological polar surface area (TPSA) is 52.9 Å².